The van der Waals surface area contributed by atoms with E-state index in [9.17, 15) is 4.79 Å². The number of amides is 1. The zero-order valence-corrected chi connectivity index (χ0v) is 10.5. The molecule has 2 heterocycles. The summed E-state index contributed by atoms with van der Waals surface area (Å²) < 4.78 is 1.66. The van der Waals surface area contributed by atoms with E-state index in [1.807, 2.05) is 24.3 Å². The van der Waals surface area contributed by atoms with Gasteiger partial charge in [-0.3, -0.25) is 4.79 Å². The number of carbonyl (C=O) groups excluding carboxylic acids is 1. The molecule has 7 nitrogen and oxygen atoms in total. The molecule has 0 fully saturated rings. The maximum Gasteiger partial charge on any atom is 0.287 e. The van der Waals surface area contributed by atoms with Crippen LogP contribution in [0.5, 0.6) is 0 Å². The van der Waals surface area contributed by atoms with Crippen LogP contribution in [0.4, 0.5) is 0 Å². The minimum absolute atomic E-state index is 0.247. The van der Waals surface area contributed by atoms with Gasteiger partial charge in [0, 0.05) is 18.9 Å². The van der Waals surface area contributed by atoms with E-state index in [0.717, 1.165) is 11.3 Å². The fourth-order valence-electron chi connectivity index (χ4n) is 1.87. The van der Waals surface area contributed by atoms with Crippen LogP contribution >= 0.6 is 0 Å². The second-order valence-electron chi connectivity index (χ2n) is 4.09. The average Bonchev–Trinajstić information content (AvgIpc) is 3.17. The number of para-hydroxylation sites is 1. The van der Waals surface area contributed by atoms with Crippen LogP contribution < -0.4 is 5.32 Å². The minimum atomic E-state index is -0.247. The number of hydrogen-bond donors (Lipinski definition) is 2. The Morgan fingerprint density at radius 2 is 2.25 bits per heavy atom. The van der Waals surface area contributed by atoms with Crippen molar-refractivity contribution in [3.8, 4) is 5.69 Å². The maximum absolute atomic E-state index is 11.8. The van der Waals surface area contributed by atoms with Gasteiger partial charge in [-0.1, -0.05) is 18.2 Å². The van der Waals surface area contributed by atoms with Gasteiger partial charge in [-0.2, -0.15) is 5.10 Å². The molecule has 1 aromatic carbocycles. The Hall–Kier alpha value is -2.96. The van der Waals surface area contributed by atoms with Crippen molar-refractivity contribution in [1.82, 2.24) is 30.0 Å². The topological polar surface area (TPSA) is 88.5 Å². The molecule has 0 unspecified atom stereocenters. The lowest BCUT2D eigenvalue weighted by molar-refractivity contribution is 0.0941. The van der Waals surface area contributed by atoms with Gasteiger partial charge in [0.25, 0.3) is 5.91 Å². The number of H-pyrrole nitrogens is 1. The van der Waals surface area contributed by atoms with E-state index in [2.05, 4.69) is 25.4 Å². The average molecular weight is 268 g/mol. The number of nitrogens with one attached hydrogen (secondary N) is 2. The zero-order chi connectivity index (χ0) is 13.8. The Kier molecular flexibility index (Phi) is 3.24. The van der Waals surface area contributed by atoms with Crippen LogP contribution in [0.25, 0.3) is 5.69 Å². The van der Waals surface area contributed by atoms with Crippen molar-refractivity contribution in [2.24, 2.45) is 0 Å². The van der Waals surface area contributed by atoms with E-state index in [0.29, 0.717) is 12.4 Å². The van der Waals surface area contributed by atoms with Gasteiger partial charge >= 0.3 is 0 Å². The summed E-state index contributed by atoms with van der Waals surface area (Å²) in [5, 5.41) is 6.91. The van der Waals surface area contributed by atoms with Gasteiger partial charge in [0.1, 0.15) is 12.7 Å². The molecule has 0 spiro atoms. The summed E-state index contributed by atoms with van der Waals surface area (Å²) in [6, 6.07) is 7.67. The van der Waals surface area contributed by atoms with Crippen LogP contribution in [0.1, 0.15) is 16.2 Å². The van der Waals surface area contributed by atoms with E-state index in [1.54, 1.807) is 17.2 Å². The molecule has 0 aliphatic rings. The first kappa shape index (κ1) is 12.1. The molecular weight excluding hydrogens is 256 g/mol. The molecule has 0 aliphatic carbocycles. The highest BCUT2D eigenvalue weighted by molar-refractivity contribution is 5.90. The lowest BCUT2D eigenvalue weighted by Crippen LogP contribution is -2.24. The minimum Gasteiger partial charge on any atom is -0.345 e. The molecule has 1 amide bonds. The molecule has 2 aromatic heterocycles. The molecule has 0 saturated carbocycles. The van der Waals surface area contributed by atoms with Gasteiger partial charge in [-0.05, 0) is 11.6 Å². The van der Waals surface area contributed by atoms with Crippen LogP contribution in [0.3, 0.4) is 0 Å². The van der Waals surface area contributed by atoms with Crippen molar-refractivity contribution in [1.29, 1.82) is 0 Å². The summed E-state index contributed by atoms with van der Waals surface area (Å²) in [5.41, 5.74) is 1.82. The second kappa shape index (κ2) is 5.35. The van der Waals surface area contributed by atoms with Crippen molar-refractivity contribution >= 4 is 5.91 Å². The third-order valence-corrected chi connectivity index (χ3v) is 2.81. The maximum atomic E-state index is 11.8. The number of nitrogens with zero attached hydrogens (tertiary/aromatic N) is 4. The van der Waals surface area contributed by atoms with Gasteiger partial charge in [-0.25, -0.2) is 14.6 Å². The molecule has 0 radical (unpaired) electrons. The monoisotopic (exact) mass is 268 g/mol. The van der Waals surface area contributed by atoms with E-state index in [4.69, 9.17) is 0 Å². The van der Waals surface area contributed by atoms with Crippen LogP contribution in [-0.4, -0.2) is 30.6 Å². The van der Waals surface area contributed by atoms with E-state index >= 15 is 0 Å². The Morgan fingerprint density at radius 3 is 3.00 bits per heavy atom. The first-order valence-electron chi connectivity index (χ1n) is 6.05. The number of benzene rings is 1. The summed E-state index contributed by atoms with van der Waals surface area (Å²) in [5.74, 6) is 0.0478. The first-order chi connectivity index (χ1) is 9.84. The molecule has 0 bridgehead atoms. The SMILES string of the molecule is O=C(NCc1ccccc1-n1cncn1)c1ncc[nH]1. The standard InChI is InChI=1S/C13H12N6O/c20-13(12-15-5-6-16-12)17-7-10-3-1-2-4-11(10)19-9-14-8-18-19/h1-6,8-9H,7H2,(H,15,16)(H,17,20). The van der Waals surface area contributed by atoms with Crippen molar-refractivity contribution in [3.63, 3.8) is 0 Å². The van der Waals surface area contributed by atoms with Gasteiger partial charge in [0.2, 0.25) is 0 Å². The summed E-state index contributed by atoms with van der Waals surface area (Å²) in [4.78, 5) is 22.4. The van der Waals surface area contributed by atoms with Gasteiger partial charge in [0.15, 0.2) is 5.82 Å². The largest absolute Gasteiger partial charge is 0.345 e. The molecule has 0 saturated heterocycles. The third-order valence-electron chi connectivity index (χ3n) is 2.81. The predicted octanol–water partition coefficient (Wildman–Crippen LogP) is 0.920. The summed E-state index contributed by atoms with van der Waals surface area (Å²) >= 11 is 0. The highest BCUT2D eigenvalue weighted by atomic mass is 16.2. The Labute approximate surface area is 114 Å². The van der Waals surface area contributed by atoms with Crippen LogP contribution in [0.15, 0.2) is 49.3 Å². The first-order valence-corrected chi connectivity index (χ1v) is 6.05. The van der Waals surface area contributed by atoms with Crippen LogP contribution in [-0.2, 0) is 6.54 Å². The van der Waals surface area contributed by atoms with Crippen molar-refractivity contribution in [2.45, 2.75) is 6.54 Å². The third kappa shape index (κ3) is 2.41. The van der Waals surface area contributed by atoms with Crippen molar-refractivity contribution in [3.05, 3.63) is 60.7 Å². The number of aromatic amines is 1. The summed E-state index contributed by atoms with van der Waals surface area (Å²) in [6.45, 7) is 0.384. The lowest BCUT2D eigenvalue weighted by Gasteiger charge is -2.09. The van der Waals surface area contributed by atoms with Crippen LogP contribution in [0.2, 0.25) is 0 Å². The molecule has 20 heavy (non-hydrogen) atoms. The molecule has 2 N–H and O–H groups in total. The van der Waals surface area contributed by atoms with E-state index in [1.165, 1.54) is 12.5 Å². The van der Waals surface area contributed by atoms with Gasteiger partial charge < -0.3 is 10.3 Å². The van der Waals surface area contributed by atoms with E-state index < -0.39 is 0 Å². The van der Waals surface area contributed by atoms with Gasteiger partial charge in [0.05, 0.1) is 5.69 Å². The molecule has 3 rings (SSSR count). The molecule has 0 aliphatic heterocycles. The molecule has 3 aromatic rings. The molecule has 0 atom stereocenters. The summed E-state index contributed by atoms with van der Waals surface area (Å²) in [7, 11) is 0. The molecule has 7 heteroatoms. The van der Waals surface area contributed by atoms with Crippen molar-refractivity contribution in [2.75, 3.05) is 0 Å². The quantitative estimate of drug-likeness (QED) is 0.736. The number of rotatable bonds is 4. The van der Waals surface area contributed by atoms with Crippen molar-refractivity contribution < 1.29 is 4.79 Å². The number of aromatic nitrogens is 5. The summed E-state index contributed by atoms with van der Waals surface area (Å²) in [6.07, 6.45) is 6.24. The fourth-order valence-corrected chi connectivity index (χ4v) is 1.87. The molecule has 100 valence electrons. The second-order valence-corrected chi connectivity index (χ2v) is 4.09. The Bertz CT molecular complexity index is 689. The fraction of sp³-hybridized carbons (Fsp3) is 0.0769. The predicted molar refractivity (Wildman–Crippen MR) is 71.1 cm³/mol. The number of hydrogen-bond acceptors (Lipinski definition) is 4. The Balaban J connectivity index is 1.77. The number of imidazole rings is 1. The zero-order valence-electron chi connectivity index (χ0n) is 10.5. The molecular formula is C13H12N6O. The highest BCUT2D eigenvalue weighted by Gasteiger charge is 2.09. The highest BCUT2D eigenvalue weighted by Crippen LogP contribution is 2.12. The number of carbonyl (C=O) groups is 1. The van der Waals surface area contributed by atoms with Gasteiger partial charge in [-0.15, -0.1) is 0 Å². The normalized spacial score (nSPS) is 10.4. The smallest absolute Gasteiger partial charge is 0.287 e. The Morgan fingerprint density at radius 1 is 1.35 bits per heavy atom. The van der Waals surface area contributed by atoms with E-state index in [-0.39, 0.29) is 5.91 Å². The van der Waals surface area contributed by atoms with Crippen LogP contribution in [0, 0.1) is 0 Å². The lowest BCUT2D eigenvalue weighted by atomic mass is 10.2.